The van der Waals surface area contributed by atoms with Crippen LogP contribution in [0.3, 0.4) is 0 Å². The van der Waals surface area contributed by atoms with E-state index in [0.717, 1.165) is 22.0 Å². The molecule has 2 rings (SSSR count). The third-order valence-electron chi connectivity index (χ3n) is 2.22. The van der Waals surface area contributed by atoms with Crippen LogP contribution < -0.4 is 5.84 Å². The van der Waals surface area contributed by atoms with Crippen LogP contribution in [-0.2, 0) is 0 Å². The van der Waals surface area contributed by atoms with E-state index >= 15 is 0 Å². The largest absolute Gasteiger partial charge is 0.323 e. The van der Waals surface area contributed by atoms with Gasteiger partial charge in [-0.1, -0.05) is 18.2 Å². The van der Waals surface area contributed by atoms with E-state index in [0.29, 0.717) is 0 Å². The van der Waals surface area contributed by atoms with E-state index in [4.69, 9.17) is 5.84 Å². The summed E-state index contributed by atoms with van der Waals surface area (Å²) >= 11 is 0. The Morgan fingerprint density at radius 3 is 3.00 bits per heavy atom. The molecule has 0 aliphatic carbocycles. The fourth-order valence-corrected chi connectivity index (χ4v) is 1.53. The molecule has 2 aromatic rings. The van der Waals surface area contributed by atoms with Crippen LogP contribution in [-0.4, -0.2) is 11.2 Å². The van der Waals surface area contributed by atoms with Gasteiger partial charge in [-0.3, -0.25) is 4.98 Å². The second-order valence-electron chi connectivity index (χ2n) is 3.15. The van der Waals surface area contributed by atoms with Crippen LogP contribution in [0.15, 0.2) is 35.6 Å². The van der Waals surface area contributed by atoms with Gasteiger partial charge in [0.15, 0.2) is 0 Å². The Balaban J connectivity index is 2.81. The van der Waals surface area contributed by atoms with Crippen molar-refractivity contribution >= 4 is 17.1 Å². The highest BCUT2D eigenvalue weighted by atomic mass is 15.1. The molecule has 0 radical (unpaired) electrons. The third kappa shape index (κ3) is 1.33. The van der Waals surface area contributed by atoms with E-state index < -0.39 is 0 Å². The van der Waals surface area contributed by atoms with Gasteiger partial charge in [0.1, 0.15) is 0 Å². The molecule has 0 unspecified atom stereocenters. The van der Waals surface area contributed by atoms with E-state index in [2.05, 4.69) is 10.1 Å². The molecule has 1 heterocycles. The Labute approximate surface area is 82.3 Å². The van der Waals surface area contributed by atoms with Gasteiger partial charge in [0, 0.05) is 17.1 Å². The number of hydrogen-bond donors (Lipinski definition) is 1. The van der Waals surface area contributed by atoms with Gasteiger partial charge in [-0.25, -0.2) is 0 Å². The predicted octanol–water partition coefficient (Wildman–Crippen LogP) is 1.84. The van der Waals surface area contributed by atoms with Crippen LogP contribution >= 0.6 is 0 Å². The molecule has 1 aromatic heterocycles. The van der Waals surface area contributed by atoms with Gasteiger partial charge in [-0.2, -0.15) is 5.10 Å². The molecule has 70 valence electrons. The van der Waals surface area contributed by atoms with Crippen molar-refractivity contribution in [1.82, 2.24) is 4.98 Å². The number of aromatic nitrogens is 1. The summed E-state index contributed by atoms with van der Waals surface area (Å²) in [6, 6.07) is 7.95. The Bertz CT molecular complexity index is 489. The molecule has 0 saturated heterocycles. The average Bonchev–Trinajstić information content (AvgIpc) is 2.23. The summed E-state index contributed by atoms with van der Waals surface area (Å²) < 4.78 is 0. The first-order valence-corrected chi connectivity index (χ1v) is 4.40. The highest BCUT2D eigenvalue weighted by Crippen LogP contribution is 2.18. The second-order valence-corrected chi connectivity index (χ2v) is 3.15. The Kier molecular flexibility index (Phi) is 2.14. The van der Waals surface area contributed by atoms with Gasteiger partial charge >= 0.3 is 0 Å². The molecule has 14 heavy (non-hydrogen) atoms. The molecular formula is C11H11N3. The Morgan fingerprint density at radius 2 is 2.21 bits per heavy atom. The summed E-state index contributed by atoms with van der Waals surface area (Å²) in [5, 5.41) is 4.62. The summed E-state index contributed by atoms with van der Waals surface area (Å²) in [6.07, 6.45) is 3.43. The van der Waals surface area contributed by atoms with Crippen molar-refractivity contribution in [2.75, 3.05) is 0 Å². The maximum Gasteiger partial charge on any atom is 0.0737 e. The zero-order chi connectivity index (χ0) is 9.97. The lowest BCUT2D eigenvalue weighted by atomic mass is 10.1. The van der Waals surface area contributed by atoms with E-state index in [1.54, 1.807) is 12.4 Å². The number of pyridine rings is 1. The first-order chi connectivity index (χ1) is 6.83. The van der Waals surface area contributed by atoms with Gasteiger partial charge in [0.25, 0.3) is 0 Å². The fourth-order valence-electron chi connectivity index (χ4n) is 1.53. The molecule has 0 aliphatic heterocycles. The van der Waals surface area contributed by atoms with Crippen molar-refractivity contribution < 1.29 is 0 Å². The normalized spacial score (nSPS) is 11.2. The highest BCUT2D eigenvalue weighted by molar-refractivity contribution is 5.99. The molecule has 0 bridgehead atoms. The molecule has 0 fully saturated rings. The van der Waals surface area contributed by atoms with Crippen molar-refractivity contribution in [3.05, 3.63) is 41.6 Å². The number of hydrazone groups is 1. The molecule has 3 nitrogen and oxygen atoms in total. The quantitative estimate of drug-likeness (QED) is 0.418. The summed E-state index contributed by atoms with van der Waals surface area (Å²) in [6.45, 7) is 2.04. The van der Waals surface area contributed by atoms with Crippen LogP contribution in [0.5, 0.6) is 0 Å². The smallest absolute Gasteiger partial charge is 0.0737 e. The number of hydrogen-bond acceptors (Lipinski definition) is 3. The lowest BCUT2D eigenvalue weighted by Gasteiger charge is -2.03. The van der Waals surface area contributed by atoms with Gasteiger partial charge in [0.05, 0.1) is 11.7 Å². The molecule has 0 aliphatic rings. The molecule has 0 atom stereocenters. The van der Waals surface area contributed by atoms with E-state index in [1.807, 2.05) is 31.2 Å². The minimum Gasteiger partial charge on any atom is -0.323 e. The van der Waals surface area contributed by atoms with Gasteiger partial charge in [0.2, 0.25) is 0 Å². The number of rotatable bonds is 1. The summed E-state index contributed by atoms with van der Waals surface area (Å²) in [7, 11) is 0. The van der Waals surface area contributed by atoms with Crippen LogP contribution in [0, 0.1) is 6.92 Å². The standard InChI is InChI=1S/C11H11N3/c1-8-4-5-9(7-14-12)10-3-2-6-13-11(8)10/h2-7H,12H2,1H3. The number of benzene rings is 1. The Hall–Kier alpha value is -1.90. The van der Waals surface area contributed by atoms with Crippen molar-refractivity contribution in [3.63, 3.8) is 0 Å². The maximum absolute atomic E-state index is 5.14. The predicted molar refractivity (Wildman–Crippen MR) is 58.3 cm³/mol. The molecular weight excluding hydrogens is 174 g/mol. The van der Waals surface area contributed by atoms with Crippen LogP contribution in [0.25, 0.3) is 10.9 Å². The van der Waals surface area contributed by atoms with E-state index in [-0.39, 0.29) is 0 Å². The number of nitrogens with zero attached hydrogens (tertiary/aromatic N) is 2. The maximum atomic E-state index is 5.14. The first kappa shape index (κ1) is 8.69. The molecule has 1 aromatic carbocycles. The molecule has 0 saturated carbocycles. The molecule has 3 heteroatoms. The zero-order valence-electron chi connectivity index (χ0n) is 7.94. The zero-order valence-corrected chi connectivity index (χ0v) is 7.94. The van der Waals surface area contributed by atoms with Crippen LogP contribution in [0.2, 0.25) is 0 Å². The minimum absolute atomic E-state index is 1.00. The lowest BCUT2D eigenvalue weighted by molar-refractivity contribution is 1.26. The minimum atomic E-state index is 1.00. The first-order valence-electron chi connectivity index (χ1n) is 4.40. The number of nitrogens with two attached hydrogens (primary N) is 1. The molecule has 0 amide bonds. The lowest BCUT2D eigenvalue weighted by Crippen LogP contribution is -1.91. The third-order valence-corrected chi connectivity index (χ3v) is 2.22. The number of fused-ring (bicyclic) bond motifs is 1. The van der Waals surface area contributed by atoms with Crippen molar-refractivity contribution in [2.24, 2.45) is 10.9 Å². The van der Waals surface area contributed by atoms with Gasteiger partial charge < -0.3 is 5.84 Å². The topological polar surface area (TPSA) is 51.3 Å². The molecule has 2 N–H and O–H groups in total. The summed E-state index contributed by atoms with van der Waals surface area (Å²) in [4.78, 5) is 4.32. The van der Waals surface area contributed by atoms with Crippen molar-refractivity contribution in [2.45, 2.75) is 6.92 Å². The average molecular weight is 185 g/mol. The summed E-state index contributed by atoms with van der Waals surface area (Å²) in [5.74, 6) is 5.14. The second kappa shape index (κ2) is 3.46. The molecule has 0 spiro atoms. The van der Waals surface area contributed by atoms with E-state index in [1.165, 1.54) is 0 Å². The SMILES string of the molecule is Cc1ccc(C=NN)c2cccnc12. The van der Waals surface area contributed by atoms with Gasteiger partial charge in [-0.15, -0.1) is 0 Å². The fraction of sp³-hybridized carbons (Fsp3) is 0.0909. The Morgan fingerprint density at radius 1 is 1.36 bits per heavy atom. The van der Waals surface area contributed by atoms with Crippen LogP contribution in [0.4, 0.5) is 0 Å². The summed E-state index contributed by atoms with van der Waals surface area (Å²) in [5.41, 5.74) is 3.17. The monoisotopic (exact) mass is 185 g/mol. The number of aryl methyl sites for hydroxylation is 1. The highest BCUT2D eigenvalue weighted by Gasteiger charge is 2.01. The van der Waals surface area contributed by atoms with Crippen molar-refractivity contribution in [1.29, 1.82) is 0 Å². The van der Waals surface area contributed by atoms with Gasteiger partial charge in [-0.05, 0) is 18.6 Å². The van der Waals surface area contributed by atoms with Crippen LogP contribution in [0.1, 0.15) is 11.1 Å². The van der Waals surface area contributed by atoms with E-state index in [9.17, 15) is 0 Å². The van der Waals surface area contributed by atoms with Crippen molar-refractivity contribution in [3.8, 4) is 0 Å².